The van der Waals surface area contributed by atoms with Gasteiger partial charge in [-0.25, -0.2) is 4.57 Å². The summed E-state index contributed by atoms with van der Waals surface area (Å²) in [6.45, 7) is 5.34. The zero-order valence-electron chi connectivity index (χ0n) is 12.9. The first kappa shape index (κ1) is 16.5. The number of benzene rings is 2. The van der Waals surface area contributed by atoms with E-state index in [0.717, 1.165) is 5.56 Å². The van der Waals surface area contributed by atoms with Gasteiger partial charge < -0.3 is 4.52 Å². The molecule has 0 fully saturated rings. The molecule has 0 amide bonds. The third kappa shape index (κ3) is 4.06. The van der Waals surface area contributed by atoms with E-state index >= 15 is 0 Å². The fourth-order valence-electron chi connectivity index (χ4n) is 1.86. The lowest BCUT2D eigenvalue weighted by Crippen LogP contribution is -2.13. The third-order valence-electron chi connectivity index (χ3n) is 2.87. The summed E-state index contributed by atoms with van der Waals surface area (Å²) in [6.07, 6.45) is -0.399. The van der Waals surface area contributed by atoms with Crippen molar-refractivity contribution in [2.45, 2.75) is 26.9 Å². The molecular formula is C17H19O4P. The van der Waals surface area contributed by atoms with E-state index in [1.165, 1.54) is 0 Å². The molecule has 0 radical (unpaired) electrons. The molecular weight excluding hydrogens is 299 g/mol. The van der Waals surface area contributed by atoms with Crippen molar-refractivity contribution in [2.75, 3.05) is 0 Å². The largest absolute Gasteiger partial charge is 0.451 e. The third-order valence-corrected chi connectivity index (χ3v) is 4.77. The Balaban J connectivity index is 2.34. The van der Waals surface area contributed by atoms with Gasteiger partial charge in [-0.1, -0.05) is 48.0 Å². The van der Waals surface area contributed by atoms with Crippen LogP contribution in [0.3, 0.4) is 0 Å². The zero-order chi connectivity index (χ0) is 16.2. The van der Waals surface area contributed by atoms with Crippen molar-refractivity contribution in [2.24, 2.45) is 0 Å². The summed E-state index contributed by atoms with van der Waals surface area (Å²) in [4.78, 5) is 12.6. The number of carbonyl (C=O) groups excluding carboxylic acids is 1. The topological polar surface area (TPSA) is 52.6 Å². The van der Waals surface area contributed by atoms with E-state index in [1.807, 2.05) is 13.0 Å². The van der Waals surface area contributed by atoms with Crippen LogP contribution in [0.2, 0.25) is 0 Å². The highest BCUT2D eigenvalue weighted by Crippen LogP contribution is 2.52. The van der Waals surface area contributed by atoms with Crippen molar-refractivity contribution in [3.8, 4) is 5.75 Å². The highest BCUT2D eigenvalue weighted by Gasteiger charge is 2.38. The molecule has 0 aliphatic carbocycles. The van der Waals surface area contributed by atoms with Gasteiger partial charge in [0.05, 0.1) is 6.10 Å². The SMILES string of the molecule is Cc1ccc(C(=O)P(=O)(Oc2ccccc2)OC(C)C)cc1. The molecule has 1 unspecified atom stereocenters. The predicted octanol–water partition coefficient (Wildman–Crippen LogP) is 4.83. The summed E-state index contributed by atoms with van der Waals surface area (Å²) in [5.41, 5.74) is 0.690. The van der Waals surface area contributed by atoms with Crippen molar-refractivity contribution in [3.63, 3.8) is 0 Å². The molecule has 1 atom stereocenters. The van der Waals surface area contributed by atoms with E-state index < -0.39 is 19.2 Å². The van der Waals surface area contributed by atoms with Crippen LogP contribution in [0.4, 0.5) is 0 Å². The Morgan fingerprint density at radius 2 is 1.59 bits per heavy atom. The molecule has 0 aliphatic heterocycles. The van der Waals surface area contributed by atoms with Gasteiger partial charge in [-0.05, 0) is 32.9 Å². The van der Waals surface area contributed by atoms with Crippen LogP contribution in [0, 0.1) is 6.92 Å². The van der Waals surface area contributed by atoms with Crippen molar-refractivity contribution in [3.05, 3.63) is 65.7 Å². The summed E-state index contributed by atoms with van der Waals surface area (Å²) in [6, 6.07) is 15.4. The van der Waals surface area contributed by atoms with Gasteiger partial charge in [0.1, 0.15) is 5.75 Å². The Hall–Kier alpha value is -1.90. The second-order valence-electron chi connectivity index (χ2n) is 5.23. The van der Waals surface area contributed by atoms with E-state index in [1.54, 1.807) is 62.4 Å². The van der Waals surface area contributed by atoms with Crippen LogP contribution in [-0.4, -0.2) is 11.6 Å². The smallest absolute Gasteiger partial charge is 0.419 e. The number of hydrogen-bond acceptors (Lipinski definition) is 4. The summed E-state index contributed by atoms with van der Waals surface area (Å²) < 4.78 is 23.8. The Bertz CT molecular complexity index is 678. The lowest BCUT2D eigenvalue weighted by molar-refractivity contribution is 0.101. The van der Waals surface area contributed by atoms with Gasteiger partial charge >= 0.3 is 7.60 Å². The van der Waals surface area contributed by atoms with Crippen LogP contribution in [0.1, 0.15) is 29.8 Å². The van der Waals surface area contributed by atoms with Crippen LogP contribution in [0.15, 0.2) is 54.6 Å². The van der Waals surface area contributed by atoms with E-state index in [-0.39, 0.29) is 0 Å². The molecule has 2 aromatic carbocycles. The molecule has 0 N–H and O–H groups in total. The number of rotatable bonds is 6. The van der Waals surface area contributed by atoms with Crippen LogP contribution in [0.5, 0.6) is 5.75 Å². The lowest BCUT2D eigenvalue weighted by atomic mass is 10.2. The van der Waals surface area contributed by atoms with E-state index in [4.69, 9.17) is 9.05 Å². The molecule has 0 bridgehead atoms. The molecule has 0 saturated heterocycles. The van der Waals surface area contributed by atoms with Crippen molar-refractivity contribution >= 4 is 13.1 Å². The summed E-state index contributed by atoms with van der Waals surface area (Å²) in [5.74, 6) is 0.340. The molecule has 0 aromatic heterocycles. The molecule has 116 valence electrons. The minimum Gasteiger partial charge on any atom is -0.419 e. The van der Waals surface area contributed by atoms with Crippen LogP contribution < -0.4 is 4.52 Å². The van der Waals surface area contributed by atoms with E-state index in [9.17, 15) is 9.36 Å². The van der Waals surface area contributed by atoms with Crippen molar-refractivity contribution < 1.29 is 18.4 Å². The average Bonchev–Trinajstić information content (AvgIpc) is 2.47. The molecule has 0 spiro atoms. The maximum atomic E-state index is 13.0. The van der Waals surface area contributed by atoms with Crippen LogP contribution in [0.25, 0.3) is 0 Å². The molecule has 5 heteroatoms. The number of hydrogen-bond donors (Lipinski definition) is 0. The lowest BCUT2D eigenvalue weighted by Gasteiger charge is -2.20. The fraction of sp³-hybridized carbons (Fsp3) is 0.235. The fourth-order valence-corrected chi connectivity index (χ4v) is 3.50. The molecule has 0 saturated carbocycles. The van der Waals surface area contributed by atoms with Crippen LogP contribution in [-0.2, 0) is 9.09 Å². The minimum absolute atomic E-state index is 0.311. The molecule has 0 aliphatic rings. The maximum absolute atomic E-state index is 13.0. The van der Waals surface area contributed by atoms with Gasteiger partial charge in [0.15, 0.2) is 0 Å². The van der Waals surface area contributed by atoms with Gasteiger partial charge in [0, 0.05) is 5.56 Å². The van der Waals surface area contributed by atoms with Crippen molar-refractivity contribution in [1.29, 1.82) is 0 Å². The Morgan fingerprint density at radius 3 is 2.14 bits per heavy atom. The Morgan fingerprint density at radius 1 is 1.00 bits per heavy atom. The van der Waals surface area contributed by atoms with Gasteiger partial charge in [-0.15, -0.1) is 0 Å². The second kappa shape index (κ2) is 6.91. The predicted molar refractivity (Wildman–Crippen MR) is 86.4 cm³/mol. The van der Waals surface area contributed by atoms with Crippen molar-refractivity contribution in [1.82, 2.24) is 0 Å². The molecule has 4 nitrogen and oxygen atoms in total. The number of carbonyl (C=O) groups is 1. The van der Waals surface area contributed by atoms with Gasteiger partial charge in [-0.2, -0.15) is 0 Å². The number of aryl methyl sites for hydroxylation is 1. The first-order chi connectivity index (χ1) is 10.4. The first-order valence-corrected chi connectivity index (χ1v) is 8.59. The maximum Gasteiger partial charge on any atom is 0.451 e. The Kier molecular flexibility index (Phi) is 5.17. The summed E-state index contributed by atoms with van der Waals surface area (Å²) in [7, 11) is -3.96. The van der Waals surface area contributed by atoms with Crippen LogP contribution >= 0.6 is 7.60 Å². The standard InChI is InChI=1S/C17H19O4P/c1-13(2)20-22(19,21-16-7-5-4-6-8-16)17(18)15-11-9-14(3)10-12-15/h4-13H,1-3H3. The van der Waals surface area contributed by atoms with E-state index in [2.05, 4.69) is 0 Å². The Labute approximate surface area is 130 Å². The molecule has 2 aromatic rings. The summed E-state index contributed by atoms with van der Waals surface area (Å²) in [5, 5.41) is 0. The normalized spacial score (nSPS) is 13.6. The highest BCUT2D eigenvalue weighted by atomic mass is 31.2. The quantitative estimate of drug-likeness (QED) is 0.716. The zero-order valence-corrected chi connectivity index (χ0v) is 13.7. The number of para-hydroxylation sites is 1. The first-order valence-electron chi connectivity index (χ1n) is 7.05. The molecule has 22 heavy (non-hydrogen) atoms. The average molecular weight is 318 g/mol. The summed E-state index contributed by atoms with van der Waals surface area (Å²) >= 11 is 0. The van der Waals surface area contributed by atoms with Gasteiger partial charge in [0.2, 0.25) is 0 Å². The minimum atomic E-state index is -3.96. The molecule has 0 heterocycles. The van der Waals surface area contributed by atoms with Gasteiger partial charge in [0.25, 0.3) is 5.52 Å². The second-order valence-corrected chi connectivity index (χ2v) is 7.02. The van der Waals surface area contributed by atoms with E-state index in [0.29, 0.717) is 11.3 Å². The molecule has 2 rings (SSSR count). The van der Waals surface area contributed by atoms with Gasteiger partial charge in [-0.3, -0.25) is 9.32 Å². The monoisotopic (exact) mass is 318 g/mol. The highest BCUT2D eigenvalue weighted by molar-refractivity contribution is 7.73.